The lowest BCUT2D eigenvalue weighted by Gasteiger charge is -1.88. The molecule has 16 heavy (non-hydrogen) atoms. The maximum atomic E-state index is 5.79. The summed E-state index contributed by atoms with van der Waals surface area (Å²) in [6, 6.07) is 8.16. The molecule has 0 aliphatic rings. The van der Waals surface area contributed by atoms with Gasteiger partial charge in [-0.05, 0) is 12.1 Å². The molecule has 0 amide bonds. The average molecular weight is 267 g/mol. The lowest BCUT2D eigenvalue weighted by Crippen LogP contribution is -1.84. The van der Waals surface area contributed by atoms with E-state index in [1.54, 1.807) is 22.7 Å². The van der Waals surface area contributed by atoms with E-state index in [1.165, 1.54) is 4.70 Å². The zero-order valence-corrected chi connectivity index (χ0v) is 10.6. The Labute approximate surface area is 106 Å². The number of rotatable bonds is 2. The highest BCUT2D eigenvalue weighted by atomic mass is 35.5. The van der Waals surface area contributed by atoms with Crippen LogP contribution in [0.1, 0.15) is 10.0 Å². The number of hydrogen-bond donors (Lipinski definition) is 0. The van der Waals surface area contributed by atoms with Gasteiger partial charge in [-0.1, -0.05) is 23.7 Å². The third kappa shape index (κ3) is 1.96. The van der Waals surface area contributed by atoms with E-state index < -0.39 is 0 Å². The van der Waals surface area contributed by atoms with Crippen molar-refractivity contribution in [1.82, 2.24) is 9.97 Å². The Hall–Kier alpha value is -0.970. The molecule has 0 fully saturated rings. The third-order valence-corrected chi connectivity index (χ3v) is 4.37. The van der Waals surface area contributed by atoms with Gasteiger partial charge < -0.3 is 0 Å². The summed E-state index contributed by atoms with van der Waals surface area (Å²) in [6.07, 6.45) is 0.775. The number of para-hydroxylation sites is 1. The van der Waals surface area contributed by atoms with Crippen LogP contribution in [-0.4, -0.2) is 9.97 Å². The van der Waals surface area contributed by atoms with E-state index in [2.05, 4.69) is 16.0 Å². The van der Waals surface area contributed by atoms with Crippen molar-refractivity contribution < 1.29 is 0 Å². The summed E-state index contributed by atoms with van der Waals surface area (Å²) in [5.74, 6) is 0. The predicted molar refractivity (Wildman–Crippen MR) is 69.6 cm³/mol. The normalized spacial score (nSPS) is 11.1. The summed E-state index contributed by atoms with van der Waals surface area (Å²) in [4.78, 5) is 8.79. The van der Waals surface area contributed by atoms with Crippen LogP contribution in [0.15, 0.2) is 29.6 Å². The largest absolute Gasteiger partial charge is 0.241 e. The number of thiazole rings is 2. The first kappa shape index (κ1) is 10.2. The second-order valence-corrected chi connectivity index (χ2v) is 5.76. The summed E-state index contributed by atoms with van der Waals surface area (Å²) in [5, 5.41) is 4.53. The highest BCUT2D eigenvalue weighted by Crippen LogP contribution is 2.25. The molecular weight excluding hydrogens is 260 g/mol. The van der Waals surface area contributed by atoms with Crippen molar-refractivity contribution in [3.63, 3.8) is 0 Å². The molecule has 0 unspecified atom stereocenters. The standard InChI is InChI=1S/C11H7ClN2S2/c12-9-6-15-10(14-9)5-11-13-7-3-1-2-4-8(7)16-11/h1-4,6H,5H2. The molecule has 1 aromatic carbocycles. The average Bonchev–Trinajstić information content (AvgIpc) is 2.84. The van der Waals surface area contributed by atoms with Crippen LogP contribution >= 0.6 is 34.3 Å². The molecule has 0 N–H and O–H groups in total. The van der Waals surface area contributed by atoms with Crippen LogP contribution in [0.3, 0.4) is 0 Å². The zero-order valence-electron chi connectivity index (χ0n) is 8.18. The SMILES string of the molecule is Clc1csc(Cc2nc3ccccc3s2)n1. The van der Waals surface area contributed by atoms with E-state index in [9.17, 15) is 0 Å². The molecule has 5 heteroatoms. The molecule has 0 aliphatic carbocycles. The lowest BCUT2D eigenvalue weighted by molar-refractivity contribution is 1.11. The molecule has 80 valence electrons. The molecule has 0 aliphatic heterocycles. The van der Waals surface area contributed by atoms with Gasteiger partial charge in [-0.3, -0.25) is 0 Å². The number of fused-ring (bicyclic) bond motifs is 1. The van der Waals surface area contributed by atoms with Crippen molar-refractivity contribution in [3.8, 4) is 0 Å². The van der Waals surface area contributed by atoms with Gasteiger partial charge in [0, 0.05) is 5.38 Å². The minimum absolute atomic E-state index is 0.570. The van der Waals surface area contributed by atoms with E-state index in [-0.39, 0.29) is 0 Å². The Morgan fingerprint density at radius 1 is 1.12 bits per heavy atom. The molecule has 0 saturated heterocycles. The molecule has 0 atom stereocenters. The fourth-order valence-corrected chi connectivity index (χ4v) is 3.50. The highest BCUT2D eigenvalue weighted by molar-refractivity contribution is 7.18. The van der Waals surface area contributed by atoms with Crippen LogP contribution in [0.25, 0.3) is 10.2 Å². The van der Waals surface area contributed by atoms with Crippen molar-refractivity contribution in [2.75, 3.05) is 0 Å². The molecule has 0 bridgehead atoms. The van der Waals surface area contributed by atoms with E-state index in [1.807, 2.05) is 23.6 Å². The Balaban J connectivity index is 1.95. The minimum atomic E-state index is 0.570. The summed E-state index contributed by atoms with van der Waals surface area (Å²) >= 11 is 9.08. The number of hydrogen-bond acceptors (Lipinski definition) is 4. The Morgan fingerprint density at radius 2 is 2.00 bits per heavy atom. The van der Waals surface area contributed by atoms with Crippen LogP contribution in [-0.2, 0) is 6.42 Å². The van der Waals surface area contributed by atoms with Crippen molar-refractivity contribution in [1.29, 1.82) is 0 Å². The Morgan fingerprint density at radius 3 is 2.75 bits per heavy atom. The molecule has 3 aromatic rings. The molecule has 0 saturated carbocycles. The van der Waals surface area contributed by atoms with Crippen LogP contribution in [0.2, 0.25) is 5.15 Å². The second kappa shape index (κ2) is 4.13. The molecule has 2 nitrogen and oxygen atoms in total. The predicted octanol–water partition coefficient (Wildman–Crippen LogP) is 4.00. The first-order valence-electron chi connectivity index (χ1n) is 4.75. The fraction of sp³-hybridized carbons (Fsp3) is 0.0909. The summed E-state index contributed by atoms with van der Waals surface area (Å²) in [7, 11) is 0. The van der Waals surface area contributed by atoms with E-state index in [0.717, 1.165) is 22.0 Å². The molecular formula is C11H7ClN2S2. The Kier molecular flexibility index (Phi) is 2.63. The van der Waals surface area contributed by atoms with E-state index in [0.29, 0.717) is 5.15 Å². The molecule has 2 heterocycles. The number of aromatic nitrogens is 2. The maximum Gasteiger partial charge on any atom is 0.140 e. The molecule has 3 rings (SSSR count). The van der Waals surface area contributed by atoms with E-state index >= 15 is 0 Å². The first-order chi connectivity index (χ1) is 7.81. The van der Waals surface area contributed by atoms with Crippen molar-refractivity contribution in [3.05, 3.63) is 44.8 Å². The van der Waals surface area contributed by atoms with Gasteiger partial charge in [-0.15, -0.1) is 22.7 Å². The third-order valence-electron chi connectivity index (χ3n) is 2.16. The van der Waals surface area contributed by atoms with Gasteiger partial charge in [0.1, 0.15) is 15.2 Å². The van der Waals surface area contributed by atoms with Gasteiger partial charge >= 0.3 is 0 Å². The lowest BCUT2D eigenvalue weighted by atomic mass is 10.3. The monoisotopic (exact) mass is 266 g/mol. The van der Waals surface area contributed by atoms with Gasteiger partial charge in [-0.25, -0.2) is 9.97 Å². The van der Waals surface area contributed by atoms with Gasteiger partial charge in [0.15, 0.2) is 0 Å². The van der Waals surface area contributed by atoms with Gasteiger partial charge in [-0.2, -0.15) is 0 Å². The van der Waals surface area contributed by atoms with Crippen LogP contribution in [0.4, 0.5) is 0 Å². The summed E-state index contributed by atoms with van der Waals surface area (Å²) < 4.78 is 1.22. The van der Waals surface area contributed by atoms with Crippen LogP contribution < -0.4 is 0 Å². The topological polar surface area (TPSA) is 25.8 Å². The first-order valence-corrected chi connectivity index (χ1v) is 6.83. The number of nitrogens with zero attached hydrogens (tertiary/aromatic N) is 2. The maximum absolute atomic E-state index is 5.79. The number of benzene rings is 1. The summed E-state index contributed by atoms with van der Waals surface area (Å²) in [6.45, 7) is 0. The molecule has 0 radical (unpaired) electrons. The quantitative estimate of drug-likeness (QED) is 0.701. The van der Waals surface area contributed by atoms with Crippen molar-refractivity contribution in [2.24, 2.45) is 0 Å². The highest BCUT2D eigenvalue weighted by Gasteiger charge is 2.06. The second-order valence-electron chi connectivity index (χ2n) is 3.32. The molecule has 2 aromatic heterocycles. The summed E-state index contributed by atoms with van der Waals surface area (Å²) in [5.41, 5.74) is 1.06. The smallest absolute Gasteiger partial charge is 0.140 e. The molecule has 0 spiro atoms. The van der Waals surface area contributed by atoms with Crippen molar-refractivity contribution >= 4 is 44.5 Å². The fourth-order valence-electron chi connectivity index (χ4n) is 1.49. The van der Waals surface area contributed by atoms with Crippen LogP contribution in [0.5, 0.6) is 0 Å². The zero-order chi connectivity index (χ0) is 11.0. The van der Waals surface area contributed by atoms with Gasteiger partial charge in [0.2, 0.25) is 0 Å². The van der Waals surface area contributed by atoms with Gasteiger partial charge in [0.25, 0.3) is 0 Å². The Bertz CT molecular complexity index is 596. The van der Waals surface area contributed by atoms with E-state index in [4.69, 9.17) is 11.6 Å². The van der Waals surface area contributed by atoms with Crippen LogP contribution in [0, 0.1) is 0 Å². The van der Waals surface area contributed by atoms with Gasteiger partial charge in [0.05, 0.1) is 16.6 Å². The number of halogens is 1. The minimum Gasteiger partial charge on any atom is -0.241 e. The van der Waals surface area contributed by atoms with Crippen molar-refractivity contribution in [2.45, 2.75) is 6.42 Å².